The lowest BCUT2D eigenvalue weighted by Gasteiger charge is -2.61. The molecule has 0 radical (unpaired) electrons. The van der Waals surface area contributed by atoms with Crippen LogP contribution in [0.15, 0.2) is 35.9 Å². The van der Waals surface area contributed by atoms with E-state index in [0.717, 1.165) is 19.4 Å². The van der Waals surface area contributed by atoms with Gasteiger partial charge in [-0.15, -0.1) is 0 Å². The van der Waals surface area contributed by atoms with Gasteiger partial charge in [-0.3, -0.25) is 14.5 Å². The van der Waals surface area contributed by atoms with Gasteiger partial charge in [-0.1, -0.05) is 29.8 Å². The highest BCUT2D eigenvalue weighted by Crippen LogP contribution is 2.73. The van der Waals surface area contributed by atoms with Crippen LogP contribution in [0.5, 0.6) is 0 Å². The maximum Gasteiger partial charge on any atom is 0.317 e. The molecule has 0 amide bonds. The summed E-state index contributed by atoms with van der Waals surface area (Å²) in [6.45, 7) is 4.40. The summed E-state index contributed by atoms with van der Waals surface area (Å²) in [6, 6.07) is 8.99. The fourth-order valence-corrected chi connectivity index (χ4v) is 8.30. The Morgan fingerprint density at radius 1 is 1.27 bits per heavy atom. The molecule has 30 heavy (non-hydrogen) atoms. The predicted octanol–water partition coefficient (Wildman–Crippen LogP) is 2.27. The van der Waals surface area contributed by atoms with E-state index in [1.165, 1.54) is 30.9 Å². The number of methoxy groups -OCH3 is 1. The van der Waals surface area contributed by atoms with Gasteiger partial charge >= 0.3 is 11.9 Å². The molecule has 6 aliphatic rings. The van der Waals surface area contributed by atoms with Gasteiger partial charge in [0.25, 0.3) is 0 Å². The summed E-state index contributed by atoms with van der Waals surface area (Å²) in [4.78, 5) is 31.0. The summed E-state index contributed by atoms with van der Waals surface area (Å²) in [7, 11) is 3.63. The van der Waals surface area contributed by atoms with Crippen molar-refractivity contribution in [3.63, 3.8) is 0 Å². The Morgan fingerprint density at radius 2 is 2.03 bits per heavy atom. The van der Waals surface area contributed by atoms with Crippen LogP contribution in [0.2, 0.25) is 0 Å². The van der Waals surface area contributed by atoms with Gasteiger partial charge in [0.05, 0.1) is 18.6 Å². The summed E-state index contributed by atoms with van der Waals surface area (Å²) in [5, 5.41) is 0. The smallest absolute Gasteiger partial charge is 0.317 e. The number of allylic oxidation sites excluding steroid dienone is 1. The molecule has 4 saturated heterocycles. The van der Waals surface area contributed by atoms with Crippen LogP contribution < -0.4 is 4.90 Å². The van der Waals surface area contributed by atoms with Crippen LogP contribution in [0, 0.1) is 11.3 Å². The molecule has 6 heteroatoms. The van der Waals surface area contributed by atoms with Crippen molar-refractivity contribution in [3.05, 3.63) is 41.5 Å². The van der Waals surface area contributed by atoms with Crippen molar-refractivity contribution in [2.24, 2.45) is 11.3 Å². The first-order valence-electron chi connectivity index (χ1n) is 10.9. The number of nitrogens with zero attached hydrogens (tertiary/aromatic N) is 2. The molecule has 1 aromatic carbocycles. The molecule has 1 saturated carbocycles. The van der Waals surface area contributed by atoms with Crippen LogP contribution in [-0.2, 0) is 24.5 Å². The van der Waals surface area contributed by atoms with Gasteiger partial charge in [0, 0.05) is 44.2 Å². The Labute approximate surface area is 176 Å². The zero-order valence-corrected chi connectivity index (χ0v) is 17.9. The van der Waals surface area contributed by atoms with Crippen LogP contribution in [-0.4, -0.2) is 61.8 Å². The normalized spacial score (nSPS) is 45.5. The third-order valence-corrected chi connectivity index (χ3v) is 8.97. The average molecular weight is 408 g/mol. The van der Waals surface area contributed by atoms with Gasteiger partial charge in [0.1, 0.15) is 11.5 Å². The van der Waals surface area contributed by atoms with E-state index in [9.17, 15) is 9.59 Å². The van der Waals surface area contributed by atoms with E-state index in [1.54, 1.807) is 0 Å². The van der Waals surface area contributed by atoms with Crippen molar-refractivity contribution in [2.45, 2.75) is 56.3 Å². The number of likely N-dealkylation sites (N-methyl/N-ethyl adjacent to an activating group) is 1. The molecule has 158 valence electrons. The quantitative estimate of drug-likeness (QED) is 0.553. The number of carbonyl (C=O) groups is 2. The fourth-order valence-electron chi connectivity index (χ4n) is 8.30. The monoisotopic (exact) mass is 408 g/mol. The number of benzene rings is 1. The van der Waals surface area contributed by atoms with Gasteiger partial charge in [0.15, 0.2) is 0 Å². The van der Waals surface area contributed by atoms with Crippen molar-refractivity contribution >= 4 is 17.6 Å². The van der Waals surface area contributed by atoms with Crippen molar-refractivity contribution in [1.29, 1.82) is 0 Å². The Morgan fingerprint density at radius 3 is 2.73 bits per heavy atom. The molecule has 3 unspecified atom stereocenters. The number of hydrogen-bond donors (Lipinski definition) is 0. The highest BCUT2D eigenvalue weighted by molar-refractivity contribution is 5.85. The Hall–Kier alpha value is -2.34. The minimum Gasteiger partial charge on any atom is -0.468 e. The Balaban J connectivity index is 1.69. The van der Waals surface area contributed by atoms with E-state index >= 15 is 0 Å². The van der Waals surface area contributed by atoms with Gasteiger partial charge in [-0.2, -0.15) is 0 Å². The number of anilines is 1. The number of carbonyl (C=O) groups excluding carboxylic acids is 2. The molecule has 5 bridgehead atoms. The molecule has 0 N–H and O–H groups in total. The average Bonchev–Trinajstić information content (AvgIpc) is 3.14. The van der Waals surface area contributed by atoms with Crippen molar-refractivity contribution in [3.8, 4) is 0 Å². The van der Waals surface area contributed by atoms with Gasteiger partial charge in [-0.05, 0) is 31.4 Å². The molecule has 6 nitrogen and oxygen atoms in total. The molecule has 5 heterocycles. The molecule has 5 fully saturated rings. The third kappa shape index (κ3) is 1.71. The molecule has 7 rings (SSSR count). The molecule has 1 aliphatic carbocycles. The molecule has 0 aromatic heterocycles. The largest absolute Gasteiger partial charge is 0.468 e. The number of esters is 2. The Kier molecular flexibility index (Phi) is 3.48. The number of fused-ring (bicyclic) bond motifs is 2. The van der Waals surface area contributed by atoms with Gasteiger partial charge in [0.2, 0.25) is 0 Å². The predicted molar refractivity (Wildman–Crippen MR) is 111 cm³/mol. The lowest BCUT2D eigenvalue weighted by molar-refractivity contribution is -0.187. The van der Waals surface area contributed by atoms with Crippen molar-refractivity contribution in [2.75, 3.05) is 25.6 Å². The molecule has 5 aliphatic heterocycles. The maximum atomic E-state index is 13.7. The molecule has 1 aromatic rings. The second-order valence-electron chi connectivity index (χ2n) is 9.64. The van der Waals surface area contributed by atoms with E-state index in [4.69, 9.17) is 9.47 Å². The van der Waals surface area contributed by atoms with Crippen molar-refractivity contribution < 1.29 is 19.1 Å². The lowest BCUT2D eigenvalue weighted by atomic mass is 9.58. The first-order chi connectivity index (χ1) is 14.4. The Bertz CT molecular complexity index is 1000. The molecular formula is C24H28N2O4. The summed E-state index contributed by atoms with van der Waals surface area (Å²) < 4.78 is 11.7. The fraction of sp³-hybridized carbons (Fsp3) is 0.583. The minimum atomic E-state index is -0.857. The number of hydrogen-bond acceptors (Lipinski definition) is 6. The van der Waals surface area contributed by atoms with E-state index in [0.29, 0.717) is 6.04 Å². The number of para-hydroxylation sites is 1. The minimum absolute atomic E-state index is 0.0255. The van der Waals surface area contributed by atoms with Crippen LogP contribution in [0.4, 0.5) is 5.69 Å². The maximum absolute atomic E-state index is 13.7. The zero-order chi connectivity index (χ0) is 21.0. The number of rotatable bonds is 2. The standard InChI is InChI=1S/C24H28N2O4/c1-5-14-12-26-18-10-16(14)24(22(28)29-4)19(26)11-23(21(24)30-13(2)27)15-8-6-7-9-17(15)25(3)20(18)23/h5-9,16,18-21H,10-12H2,1-4H3/b14-5-/t16-,18+,19+,20-,21?,23-,24?/m1/s1. The zero-order valence-electron chi connectivity index (χ0n) is 17.9. The van der Waals surface area contributed by atoms with Crippen LogP contribution in [0.1, 0.15) is 32.3 Å². The first-order valence-corrected chi connectivity index (χ1v) is 10.9. The molecular weight excluding hydrogens is 380 g/mol. The highest BCUT2D eigenvalue weighted by Gasteiger charge is 2.84. The second-order valence-corrected chi connectivity index (χ2v) is 9.64. The topological polar surface area (TPSA) is 59.1 Å². The SMILES string of the molecule is C/C=C1/CN2[C@H]3C[C@@]45c6ccccc6N(C)[C@@H]4[C@@H]2C[C@H]1C3(C(=O)OC)C5OC(C)=O. The molecule has 1 spiro atoms. The summed E-state index contributed by atoms with van der Waals surface area (Å²) in [6.07, 6.45) is 3.33. The van der Waals surface area contributed by atoms with Crippen LogP contribution >= 0.6 is 0 Å². The second kappa shape index (κ2) is 5.67. The van der Waals surface area contributed by atoms with E-state index < -0.39 is 16.9 Å². The number of piperidine rings is 4. The van der Waals surface area contributed by atoms with E-state index in [-0.39, 0.29) is 29.9 Å². The summed E-state index contributed by atoms with van der Waals surface area (Å²) in [5.74, 6) is -0.506. The third-order valence-electron chi connectivity index (χ3n) is 8.97. The summed E-state index contributed by atoms with van der Waals surface area (Å²) in [5.41, 5.74) is 2.43. The number of ether oxygens (including phenoxy) is 2. The first kappa shape index (κ1) is 18.4. The van der Waals surface area contributed by atoms with E-state index in [1.807, 2.05) is 0 Å². The lowest BCUT2D eigenvalue weighted by Crippen LogP contribution is -2.71. The van der Waals surface area contributed by atoms with Gasteiger partial charge in [-0.25, -0.2) is 0 Å². The van der Waals surface area contributed by atoms with Gasteiger partial charge < -0.3 is 14.4 Å². The van der Waals surface area contributed by atoms with Crippen LogP contribution in [0.3, 0.4) is 0 Å². The summed E-state index contributed by atoms with van der Waals surface area (Å²) >= 11 is 0. The molecule has 8 atom stereocenters. The highest BCUT2D eigenvalue weighted by atomic mass is 16.6. The van der Waals surface area contributed by atoms with Crippen molar-refractivity contribution in [1.82, 2.24) is 4.90 Å². The van der Waals surface area contributed by atoms with Crippen LogP contribution in [0.25, 0.3) is 0 Å². The van der Waals surface area contributed by atoms with E-state index in [2.05, 4.69) is 54.1 Å².